The highest BCUT2D eigenvalue weighted by Gasteiger charge is 2.22. The zero-order valence-corrected chi connectivity index (χ0v) is 62.3. The van der Waals surface area contributed by atoms with Gasteiger partial charge in [0.15, 0.2) is 0 Å². The van der Waals surface area contributed by atoms with Crippen LogP contribution in [-0.4, -0.2) is 27.4 Å². The maximum Gasteiger partial charge on any atom is 0.0542 e. The number of hydrogen-bond donors (Lipinski definition) is 0. The minimum atomic E-state index is 1.15. The predicted octanol–water partition coefficient (Wildman–Crippen LogP) is 28.6. The van der Waals surface area contributed by atoms with Crippen LogP contribution in [-0.2, 0) is 0 Å². The van der Waals surface area contributed by atoms with Crippen LogP contribution in [0.3, 0.4) is 0 Å². The van der Waals surface area contributed by atoms with Crippen LogP contribution in [0.4, 0.5) is 0 Å². The summed E-state index contributed by atoms with van der Waals surface area (Å²) in [7, 11) is 0. The van der Waals surface area contributed by atoms with E-state index in [0.29, 0.717) is 0 Å². The van der Waals surface area contributed by atoms with E-state index in [-0.39, 0.29) is 0 Å². The monoisotopic (exact) mass is 1450 g/mol. The van der Waals surface area contributed by atoms with E-state index in [4.69, 9.17) is 0 Å². The van der Waals surface area contributed by atoms with Crippen molar-refractivity contribution in [3.05, 3.63) is 437 Å². The first-order valence-corrected chi connectivity index (χ1v) is 39.1. The van der Waals surface area contributed by atoms with Crippen LogP contribution in [0.2, 0.25) is 0 Å². The number of nitrogens with zero attached hydrogens (tertiary/aromatic N) is 6. The van der Waals surface area contributed by atoms with Gasteiger partial charge in [-0.1, -0.05) is 285 Å². The Morgan fingerprint density at radius 2 is 0.281 bits per heavy atom. The molecule has 0 bridgehead atoms. The van der Waals surface area contributed by atoms with Crippen LogP contribution in [0.5, 0.6) is 0 Å². The van der Waals surface area contributed by atoms with Crippen molar-refractivity contribution in [3.63, 3.8) is 0 Å². The summed E-state index contributed by atoms with van der Waals surface area (Å²) >= 11 is 0. The van der Waals surface area contributed by atoms with Gasteiger partial charge < -0.3 is 27.4 Å². The maximum absolute atomic E-state index is 2.43. The molecule has 0 aliphatic rings. The molecule has 534 valence electrons. The molecular weight excluding hydrogens is 1380 g/mol. The Hall–Kier alpha value is -15.2. The molecule has 114 heavy (non-hydrogen) atoms. The molecule has 0 saturated heterocycles. The molecule has 6 heteroatoms. The Labute approximate surface area is 658 Å². The molecule has 6 aromatic heterocycles. The molecule has 0 aliphatic carbocycles. The Morgan fingerprint density at radius 1 is 0.0965 bits per heavy atom. The smallest absolute Gasteiger partial charge is 0.0542 e. The van der Waals surface area contributed by atoms with Gasteiger partial charge in [0.1, 0.15) is 0 Å². The van der Waals surface area contributed by atoms with Crippen molar-refractivity contribution in [2.24, 2.45) is 0 Å². The molecule has 0 fully saturated rings. The SMILES string of the molecule is c1ccc(-c2cc(-c3ccccc3)cc(-n3c4ccccc4c4cc(-n5c6ccccc6c6ccccc65)ccc43)c2)cc1.c1ccc(-c2ccc(-n3c4ccccc4c4cc(-n5c6ccccc6c6ccccc65)ccc43)cc2)cc1.c1ccc(-n2c3ccccc3c3cc(-n4c5ccccc5c5ccccc54)ccc32)cc1. The van der Waals surface area contributed by atoms with Gasteiger partial charge in [0, 0.05) is 98.8 Å². The predicted molar refractivity (Wildman–Crippen MR) is 482 cm³/mol. The zero-order chi connectivity index (χ0) is 75.2. The van der Waals surface area contributed by atoms with Crippen molar-refractivity contribution in [2.45, 2.75) is 0 Å². The summed E-state index contributed by atoms with van der Waals surface area (Å²) < 4.78 is 14.4. The third kappa shape index (κ3) is 10.9. The number of hydrogen-bond acceptors (Lipinski definition) is 0. The Morgan fingerprint density at radius 3 is 0.561 bits per heavy atom. The van der Waals surface area contributed by atoms with Crippen molar-refractivity contribution in [2.75, 3.05) is 0 Å². The van der Waals surface area contributed by atoms with Crippen LogP contribution < -0.4 is 0 Å². The van der Waals surface area contributed by atoms with Crippen LogP contribution >= 0.6 is 0 Å². The summed E-state index contributed by atoms with van der Waals surface area (Å²) in [6, 6.07) is 157. The molecule has 18 aromatic carbocycles. The number of rotatable bonds is 9. The van der Waals surface area contributed by atoms with Gasteiger partial charge in [-0.15, -0.1) is 0 Å². The number of fused-ring (bicyclic) bond motifs is 18. The summed E-state index contributed by atoms with van der Waals surface area (Å²) in [5.74, 6) is 0. The number of para-hydroxylation sites is 10. The van der Waals surface area contributed by atoms with E-state index in [2.05, 4.69) is 464 Å². The lowest BCUT2D eigenvalue weighted by molar-refractivity contribution is 1.17. The summed E-state index contributed by atoms with van der Waals surface area (Å²) in [5.41, 5.74) is 29.0. The molecule has 0 aliphatic heterocycles. The molecule has 0 amide bonds. The van der Waals surface area contributed by atoms with Crippen molar-refractivity contribution in [1.29, 1.82) is 0 Å². The van der Waals surface area contributed by atoms with E-state index in [9.17, 15) is 0 Å². The minimum Gasteiger partial charge on any atom is -0.309 e. The Kier molecular flexibility index (Phi) is 15.8. The molecule has 24 aromatic rings. The summed E-state index contributed by atoms with van der Waals surface area (Å²) in [6.07, 6.45) is 0. The summed E-state index contributed by atoms with van der Waals surface area (Å²) in [6.45, 7) is 0. The summed E-state index contributed by atoms with van der Waals surface area (Å²) in [4.78, 5) is 0. The molecule has 0 atom stereocenters. The average Bonchev–Trinajstić information content (AvgIpc) is 1.58. The fraction of sp³-hybridized carbons (Fsp3) is 0. The van der Waals surface area contributed by atoms with Crippen LogP contribution in [0, 0.1) is 0 Å². The second-order valence-corrected chi connectivity index (χ2v) is 29.5. The standard InChI is InChI=1S/C42H28N2.C36H24N2.C30H20N2/c1-3-13-29(14-4-1)31-25-32(30-15-5-2-6-16-30)27-34(26-31)44-41-22-12-9-19-37(41)38-28-33(23-24-42(38)44)43-39-20-10-7-17-35(39)36-18-8-11-21-40(36)43;1-2-10-25(11-3-1)26-18-20-27(21-19-26)37-35-17-9-6-14-31(35)32-24-28(22-23-36(32)37)38-33-15-7-4-12-29(33)30-13-5-8-16-34(30)38;1-2-10-21(11-3-1)31-29-17-9-6-14-25(29)26-20-22(18-19-30(26)31)32-27-15-7-4-12-23(27)24-13-5-8-16-28(24)32/h1-28H;1-24H;1-20H. The van der Waals surface area contributed by atoms with Crippen molar-refractivity contribution in [1.82, 2.24) is 27.4 Å². The normalized spacial score (nSPS) is 11.7. The third-order valence-corrected chi connectivity index (χ3v) is 23.1. The average molecular weight is 1450 g/mol. The van der Waals surface area contributed by atoms with Gasteiger partial charge in [0.05, 0.1) is 66.2 Å². The van der Waals surface area contributed by atoms with Crippen LogP contribution in [0.25, 0.3) is 198 Å². The first kappa shape index (κ1) is 65.8. The Balaban J connectivity index is 0.000000106. The Bertz CT molecular complexity index is 7610. The van der Waals surface area contributed by atoms with E-state index in [1.54, 1.807) is 0 Å². The highest BCUT2D eigenvalue weighted by molar-refractivity contribution is 6.16. The van der Waals surface area contributed by atoms with Crippen molar-refractivity contribution in [3.8, 4) is 67.5 Å². The van der Waals surface area contributed by atoms with E-state index in [0.717, 1.165) is 5.69 Å². The fourth-order valence-corrected chi connectivity index (χ4v) is 18.1. The van der Waals surface area contributed by atoms with Gasteiger partial charge >= 0.3 is 0 Å². The number of benzene rings is 18. The van der Waals surface area contributed by atoms with Gasteiger partial charge in [0.2, 0.25) is 0 Å². The van der Waals surface area contributed by atoms with E-state index < -0.39 is 0 Å². The molecule has 24 rings (SSSR count). The topological polar surface area (TPSA) is 29.6 Å². The quantitative estimate of drug-likeness (QED) is 0.138. The molecule has 0 N–H and O–H groups in total. The fourth-order valence-electron chi connectivity index (χ4n) is 18.1. The molecule has 6 nitrogen and oxygen atoms in total. The largest absolute Gasteiger partial charge is 0.309 e. The molecule has 6 heterocycles. The summed E-state index contributed by atoms with van der Waals surface area (Å²) in [5, 5.41) is 15.2. The highest BCUT2D eigenvalue weighted by Crippen LogP contribution is 2.43. The van der Waals surface area contributed by atoms with Crippen LogP contribution in [0.15, 0.2) is 437 Å². The molecule has 0 saturated carbocycles. The lowest BCUT2D eigenvalue weighted by atomic mass is 9.98. The van der Waals surface area contributed by atoms with Crippen LogP contribution in [0.1, 0.15) is 0 Å². The lowest BCUT2D eigenvalue weighted by Crippen LogP contribution is -1.97. The first-order valence-electron chi connectivity index (χ1n) is 39.1. The van der Waals surface area contributed by atoms with Gasteiger partial charge in [-0.05, 0) is 185 Å². The molecule has 0 unspecified atom stereocenters. The van der Waals surface area contributed by atoms with E-state index >= 15 is 0 Å². The van der Waals surface area contributed by atoms with Gasteiger partial charge in [-0.25, -0.2) is 0 Å². The van der Waals surface area contributed by atoms with E-state index in [1.807, 2.05) is 0 Å². The zero-order valence-electron chi connectivity index (χ0n) is 62.3. The van der Waals surface area contributed by atoms with Crippen molar-refractivity contribution < 1.29 is 0 Å². The lowest BCUT2D eigenvalue weighted by Gasteiger charge is -2.14. The second-order valence-electron chi connectivity index (χ2n) is 29.5. The van der Waals surface area contributed by atoms with Gasteiger partial charge in [0.25, 0.3) is 0 Å². The molecule has 0 spiro atoms. The molecule has 0 radical (unpaired) electrons. The minimum absolute atomic E-state index is 1.15. The van der Waals surface area contributed by atoms with Gasteiger partial charge in [-0.2, -0.15) is 0 Å². The molecular formula is C108H72N6. The van der Waals surface area contributed by atoms with Gasteiger partial charge in [-0.3, -0.25) is 0 Å². The van der Waals surface area contributed by atoms with Crippen molar-refractivity contribution >= 4 is 131 Å². The number of aromatic nitrogens is 6. The second kappa shape index (κ2) is 27.4. The maximum atomic E-state index is 2.43. The highest BCUT2D eigenvalue weighted by atomic mass is 15.0. The third-order valence-electron chi connectivity index (χ3n) is 23.1. The first-order chi connectivity index (χ1) is 56.6. The van der Waals surface area contributed by atoms with E-state index in [1.165, 1.54) is 193 Å².